The Morgan fingerprint density at radius 1 is 1.24 bits per heavy atom. The van der Waals surface area contributed by atoms with E-state index >= 15 is 0 Å². The van der Waals surface area contributed by atoms with Crippen LogP contribution < -0.4 is 4.90 Å². The van der Waals surface area contributed by atoms with Crippen molar-refractivity contribution in [2.24, 2.45) is 16.7 Å². The molecule has 0 unspecified atom stereocenters. The van der Waals surface area contributed by atoms with Crippen LogP contribution in [0.5, 0.6) is 0 Å². The summed E-state index contributed by atoms with van der Waals surface area (Å²) in [6.45, 7) is 12.0. The van der Waals surface area contributed by atoms with Crippen LogP contribution in [0, 0.1) is 23.7 Å². The summed E-state index contributed by atoms with van der Waals surface area (Å²) in [6, 6.07) is 2.03. The standard InChI is InChI=1S/C19H27N3O2S/c1-12-11-14(22-7-9-24-10-8-22)21-17(20-12)25-16-15(23)13-5-6-19(16,4)18(13,2)3/h11,13,16H,5-10H2,1-4H3/t13-,16-,19+/m1/s1. The normalized spacial score (nSPS) is 33.9. The van der Waals surface area contributed by atoms with E-state index < -0.39 is 0 Å². The average Bonchev–Trinajstić information content (AvgIpc) is 2.89. The first kappa shape index (κ1) is 17.3. The molecule has 0 amide bonds. The largest absolute Gasteiger partial charge is 0.378 e. The van der Waals surface area contributed by atoms with E-state index in [9.17, 15) is 4.79 Å². The second kappa shape index (κ2) is 5.95. The maximum Gasteiger partial charge on any atom is 0.190 e. The minimum Gasteiger partial charge on any atom is -0.378 e. The molecule has 1 saturated heterocycles. The molecule has 0 spiro atoms. The molecule has 25 heavy (non-hydrogen) atoms. The Morgan fingerprint density at radius 2 is 1.96 bits per heavy atom. The van der Waals surface area contributed by atoms with Crippen LogP contribution in [0.2, 0.25) is 0 Å². The molecule has 2 aliphatic carbocycles. The van der Waals surface area contributed by atoms with Crippen molar-refractivity contribution < 1.29 is 9.53 Å². The SMILES string of the molecule is Cc1cc(N2CCOCC2)nc(S[C@@H]2C(=O)[C@H]3CC[C@]2(C)C3(C)C)n1. The predicted octanol–water partition coefficient (Wildman–Crippen LogP) is 3.11. The third-order valence-electron chi connectivity index (χ3n) is 6.85. The maximum absolute atomic E-state index is 13.0. The number of ketones is 1. The molecule has 5 nitrogen and oxygen atoms in total. The lowest BCUT2D eigenvalue weighted by molar-refractivity contribution is -0.122. The molecule has 2 heterocycles. The van der Waals surface area contributed by atoms with Crippen LogP contribution in [-0.2, 0) is 9.53 Å². The van der Waals surface area contributed by atoms with Gasteiger partial charge >= 0.3 is 0 Å². The van der Waals surface area contributed by atoms with Gasteiger partial charge in [-0.25, -0.2) is 9.97 Å². The molecule has 1 aliphatic heterocycles. The van der Waals surface area contributed by atoms with Gasteiger partial charge in [-0.1, -0.05) is 32.5 Å². The van der Waals surface area contributed by atoms with Gasteiger partial charge < -0.3 is 9.64 Å². The van der Waals surface area contributed by atoms with E-state index in [1.807, 2.05) is 13.0 Å². The number of thioether (sulfide) groups is 1. The summed E-state index contributed by atoms with van der Waals surface area (Å²) in [5.74, 6) is 1.55. The van der Waals surface area contributed by atoms with Gasteiger partial charge in [0.1, 0.15) is 11.6 Å². The molecule has 6 heteroatoms. The van der Waals surface area contributed by atoms with Crippen LogP contribution in [0.25, 0.3) is 0 Å². The van der Waals surface area contributed by atoms with E-state index in [4.69, 9.17) is 9.72 Å². The number of rotatable bonds is 3. The first-order chi connectivity index (χ1) is 11.8. The molecule has 2 saturated carbocycles. The molecule has 3 aliphatic rings. The first-order valence-corrected chi connectivity index (χ1v) is 10.1. The van der Waals surface area contributed by atoms with Crippen molar-refractivity contribution in [3.8, 4) is 0 Å². The van der Waals surface area contributed by atoms with Crippen molar-refractivity contribution in [3.63, 3.8) is 0 Å². The number of hydrogen-bond acceptors (Lipinski definition) is 6. The molecule has 2 bridgehead atoms. The van der Waals surface area contributed by atoms with Gasteiger partial charge in [-0.3, -0.25) is 4.79 Å². The highest BCUT2D eigenvalue weighted by Gasteiger charge is 2.66. The van der Waals surface area contributed by atoms with Gasteiger partial charge in [0.25, 0.3) is 0 Å². The molecule has 0 N–H and O–H groups in total. The summed E-state index contributed by atoms with van der Waals surface area (Å²) < 4.78 is 5.44. The summed E-state index contributed by atoms with van der Waals surface area (Å²) in [4.78, 5) is 24.6. The fourth-order valence-corrected chi connectivity index (χ4v) is 6.33. The van der Waals surface area contributed by atoms with Gasteiger partial charge in [0.2, 0.25) is 0 Å². The Hall–Kier alpha value is -1.14. The van der Waals surface area contributed by atoms with Crippen LogP contribution >= 0.6 is 11.8 Å². The lowest BCUT2D eigenvalue weighted by Gasteiger charge is -2.37. The number of carbonyl (C=O) groups is 1. The zero-order valence-electron chi connectivity index (χ0n) is 15.5. The molecule has 1 aromatic rings. The number of aromatic nitrogens is 2. The Bertz CT molecular complexity index is 702. The molecular formula is C19H27N3O2S. The number of fused-ring (bicyclic) bond motifs is 2. The number of nitrogens with zero attached hydrogens (tertiary/aromatic N) is 3. The van der Waals surface area contributed by atoms with Crippen molar-refractivity contribution >= 4 is 23.4 Å². The summed E-state index contributed by atoms with van der Waals surface area (Å²) in [7, 11) is 0. The maximum atomic E-state index is 13.0. The summed E-state index contributed by atoms with van der Waals surface area (Å²) in [5, 5.41) is 0.713. The van der Waals surface area contributed by atoms with Crippen LogP contribution in [0.1, 0.15) is 39.3 Å². The second-order valence-corrected chi connectivity index (χ2v) is 9.45. The molecule has 3 fully saturated rings. The van der Waals surface area contributed by atoms with Gasteiger partial charge in [-0.05, 0) is 30.6 Å². The third kappa shape index (κ3) is 2.60. The Kier molecular flexibility index (Phi) is 4.11. The van der Waals surface area contributed by atoms with E-state index in [-0.39, 0.29) is 22.0 Å². The number of Topliss-reactive ketones (excluding diaryl/α,β-unsaturated/α-hetero) is 1. The highest BCUT2D eigenvalue weighted by molar-refractivity contribution is 8.00. The van der Waals surface area contributed by atoms with E-state index in [2.05, 4.69) is 30.7 Å². The highest BCUT2D eigenvalue weighted by Crippen LogP contribution is 2.67. The Morgan fingerprint density at radius 3 is 2.60 bits per heavy atom. The van der Waals surface area contributed by atoms with E-state index in [0.717, 1.165) is 55.8 Å². The lowest BCUT2D eigenvalue weighted by Crippen LogP contribution is -2.37. The van der Waals surface area contributed by atoms with E-state index in [0.29, 0.717) is 5.78 Å². The molecule has 1 aromatic heterocycles. The first-order valence-electron chi connectivity index (χ1n) is 9.22. The third-order valence-corrected chi connectivity index (χ3v) is 8.24. The van der Waals surface area contributed by atoms with E-state index in [1.54, 1.807) is 11.8 Å². The molecule has 4 rings (SSSR count). The number of hydrogen-bond donors (Lipinski definition) is 0. The van der Waals surface area contributed by atoms with Crippen molar-refractivity contribution in [2.75, 3.05) is 31.2 Å². The quantitative estimate of drug-likeness (QED) is 0.771. The fraction of sp³-hybridized carbons (Fsp3) is 0.737. The second-order valence-electron chi connectivity index (χ2n) is 8.38. The minimum absolute atomic E-state index is 0.0272. The van der Waals surface area contributed by atoms with Gasteiger partial charge in [0.15, 0.2) is 5.16 Å². The van der Waals surface area contributed by atoms with Crippen molar-refractivity contribution in [2.45, 2.75) is 50.9 Å². The topological polar surface area (TPSA) is 55.3 Å². The zero-order valence-corrected chi connectivity index (χ0v) is 16.4. The zero-order chi connectivity index (χ0) is 17.8. The summed E-state index contributed by atoms with van der Waals surface area (Å²) in [6.07, 6.45) is 2.16. The Labute approximate surface area is 153 Å². The van der Waals surface area contributed by atoms with E-state index in [1.165, 1.54) is 0 Å². The van der Waals surface area contributed by atoms with Crippen LogP contribution in [-0.4, -0.2) is 47.3 Å². The summed E-state index contributed by atoms with van der Waals surface area (Å²) >= 11 is 1.59. The minimum atomic E-state index is -0.0272. The number of anilines is 1. The predicted molar refractivity (Wildman–Crippen MR) is 99.1 cm³/mol. The molecule has 3 atom stereocenters. The van der Waals surface area contributed by atoms with Crippen molar-refractivity contribution in [3.05, 3.63) is 11.8 Å². The fourth-order valence-electron chi connectivity index (χ4n) is 4.81. The van der Waals surface area contributed by atoms with Gasteiger partial charge in [0.05, 0.1) is 18.5 Å². The average molecular weight is 362 g/mol. The van der Waals surface area contributed by atoms with Crippen molar-refractivity contribution in [1.29, 1.82) is 0 Å². The smallest absolute Gasteiger partial charge is 0.190 e. The number of ether oxygens (including phenoxy) is 1. The lowest BCUT2D eigenvalue weighted by atomic mass is 9.71. The number of aryl methyl sites for hydroxylation is 1. The molecular weight excluding hydrogens is 334 g/mol. The van der Waals surface area contributed by atoms with Crippen LogP contribution in [0.3, 0.4) is 0 Å². The van der Waals surface area contributed by atoms with Crippen LogP contribution in [0.4, 0.5) is 5.82 Å². The monoisotopic (exact) mass is 361 g/mol. The number of morpholine rings is 1. The van der Waals surface area contributed by atoms with Gasteiger partial charge in [-0.2, -0.15) is 0 Å². The van der Waals surface area contributed by atoms with Crippen molar-refractivity contribution in [1.82, 2.24) is 9.97 Å². The Balaban J connectivity index is 1.61. The molecule has 0 aromatic carbocycles. The molecule has 136 valence electrons. The summed E-state index contributed by atoms with van der Waals surface area (Å²) in [5.41, 5.74) is 1.06. The molecule has 0 radical (unpaired) electrons. The van der Waals surface area contributed by atoms with Gasteiger partial charge in [0, 0.05) is 30.8 Å². The van der Waals surface area contributed by atoms with Crippen LogP contribution in [0.15, 0.2) is 11.2 Å². The number of carbonyl (C=O) groups excluding carboxylic acids is 1. The van der Waals surface area contributed by atoms with Gasteiger partial charge in [-0.15, -0.1) is 0 Å². The highest BCUT2D eigenvalue weighted by atomic mass is 32.2.